The normalized spacial score (nSPS) is 12.8. The minimum absolute atomic E-state index is 0.0867. The van der Waals surface area contributed by atoms with Crippen LogP contribution in [0.25, 0.3) is 11.4 Å². The van der Waals surface area contributed by atoms with Gasteiger partial charge in [-0.25, -0.2) is 9.97 Å². The van der Waals surface area contributed by atoms with E-state index in [-0.39, 0.29) is 6.61 Å². The number of nitrogens with zero attached hydrogens (tertiary/aromatic N) is 3. The Morgan fingerprint density at radius 1 is 0.923 bits per heavy atom. The van der Waals surface area contributed by atoms with Gasteiger partial charge in [0, 0.05) is 35.8 Å². The maximum Gasteiger partial charge on any atom is 0.161 e. The van der Waals surface area contributed by atoms with E-state index in [9.17, 15) is 0 Å². The lowest BCUT2D eigenvalue weighted by Gasteiger charge is -2.12. The van der Waals surface area contributed by atoms with Gasteiger partial charge in [0.25, 0.3) is 0 Å². The molecule has 0 bridgehead atoms. The molecule has 26 heavy (non-hydrogen) atoms. The maximum atomic E-state index is 9.13. The first kappa shape index (κ1) is 16.7. The Balaban J connectivity index is 1.51. The fourth-order valence-corrected chi connectivity index (χ4v) is 3.35. The standard InChI is InChI=1S/C21H22N4O/c26-14-16-6-4-15(5-7-16)8-13-23-21-18-2-1-3-19(18)24-20(25-21)17-9-11-22-12-10-17/h4-7,9-12,26H,1-3,8,13-14H2,(H,23,24,25). The Bertz CT molecular complexity index is 879. The molecule has 5 nitrogen and oxygen atoms in total. The number of hydrogen-bond acceptors (Lipinski definition) is 5. The second-order valence-corrected chi connectivity index (χ2v) is 6.56. The average Bonchev–Trinajstić information content (AvgIpc) is 3.18. The van der Waals surface area contributed by atoms with Gasteiger partial charge in [-0.1, -0.05) is 24.3 Å². The predicted molar refractivity (Wildman–Crippen MR) is 102 cm³/mol. The van der Waals surface area contributed by atoms with Crippen LogP contribution in [-0.4, -0.2) is 26.6 Å². The predicted octanol–water partition coefficient (Wildman–Crippen LogP) is 3.17. The van der Waals surface area contributed by atoms with E-state index in [0.29, 0.717) is 0 Å². The number of fused-ring (bicyclic) bond motifs is 1. The highest BCUT2D eigenvalue weighted by Crippen LogP contribution is 2.29. The van der Waals surface area contributed by atoms with Crippen molar-refractivity contribution in [2.75, 3.05) is 11.9 Å². The van der Waals surface area contributed by atoms with Gasteiger partial charge in [-0.15, -0.1) is 0 Å². The molecule has 2 N–H and O–H groups in total. The number of rotatable bonds is 6. The molecule has 1 aliphatic rings. The van der Waals surface area contributed by atoms with Crippen LogP contribution in [0, 0.1) is 0 Å². The van der Waals surface area contributed by atoms with Gasteiger partial charge in [-0.2, -0.15) is 0 Å². The van der Waals surface area contributed by atoms with E-state index in [4.69, 9.17) is 15.1 Å². The van der Waals surface area contributed by atoms with E-state index >= 15 is 0 Å². The summed E-state index contributed by atoms with van der Waals surface area (Å²) in [6, 6.07) is 12.0. The van der Waals surface area contributed by atoms with Crippen molar-refractivity contribution in [3.63, 3.8) is 0 Å². The topological polar surface area (TPSA) is 70.9 Å². The van der Waals surface area contributed by atoms with Crippen LogP contribution in [0.1, 0.15) is 28.8 Å². The molecule has 132 valence electrons. The van der Waals surface area contributed by atoms with E-state index in [1.54, 1.807) is 12.4 Å². The Morgan fingerprint density at radius 3 is 2.46 bits per heavy atom. The van der Waals surface area contributed by atoms with Gasteiger partial charge in [0.2, 0.25) is 0 Å². The van der Waals surface area contributed by atoms with Crippen LogP contribution in [-0.2, 0) is 25.9 Å². The third-order valence-electron chi connectivity index (χ3n) is 4.78. The number of pyridine rings is 1. The second-order valence-electron chi connectivity index (χ2n) is 6.56. The average molecular weight is 346 g/mol. The highest BCUT2D eigenvalue weighted by Gasteiger charge is 2.19. The van der Waals surface area contributed by atoms with Gasteiger partial charge in [-0.3, -0.25) is 4.98 Å². The highest BCUT2D eigenvalue weighted by molar-refractivity contribution is 5.60. The van der Waals surface area contributed by atoms with Crippen LogP contribution in [0.4, 0.5) is 5.82 Å². The zero-order valence-electron chi connectivity index (χ0n) is 14.7. The summed E-state index contributed by atoms with van der Waals surface area (Å²) in [7, 11) is 0. The summed E-state index contributed by atoms with van der Waals surface area (Å²) >= 11 is 0. The van der Waals surface area contributed by atoms with Crippen LogP contribution >= 0.6 is 0 Å². The van der Waals surface area contributed by atoms with Crippen LogP contribution in [0.5, 0.6) is 0 Å². The number of hydrogen-bond donors (Lipinski definition) is 2. The first-order valence-corrected chi connectivity index (χ1v) is 9.06. The molecule has 0 amide bonds. The van der Waals surface area contributed by atoms with Crippen LogP contribution < -0.4 is 5.32 Å². The molecule has 5 heteroatoms. The number of aromatic nitrogens is 3. The minimum Gasteiger partial charge on any atom is -0.392 e. The molecule has 3 aromatic rings. The van der Waals surface area contributed by atoms with Crippen LogP contribution in [0.15, 0.2) is 48.8 Å². The third kappa shape index (κ3) is 3.58. The van der Waals surface area contributed by atoms with Crippen molar-refractivity contribution in [3.05, 3.63) is 71.2 Å². The number of aliphatic hydroxyl groups excluding tert-OH is 1. The van der Waals surface area contributed by atoms with Crippen molar-refractivity contribution >= 4 is 5.82 Å². The lowest BCUT2D eigenvalue weighted by Crippen LogP contribution is -2.10. The minimum atomic E-state index is 0.0867. The molecule has 2 heterocycles. The van der Waals surface area contributed by atoms with Gasteiger partial charge in [0.05, 0.1) is 6.61 Å². The summed E-state index contributed by atoms with van der Waals surface area (Å²) < 4.78 is 0. The summed E-state index contributed by atoms with van der Waals surface area (Å²) in [6.07, 6.45) is 7.66. The number of aliphatic hydroxyl groups is 1. The molecule has 1 aliphatic carbocycles. The molecule has 1 aromatic carbocycles. The first-order valence-electron chi connectivity index (χ1n) is 9.06. The molecule has 0 atom stereocenters. The summed E-state index contributed by atoms with van der Waals surface area (Å²) in [5, 5.41) is 12.6. The molecule has 0 saturated carbocycles. The third-order valence-corrected chi connectivity index (χ3v) is 4.78. The number of aryl methyl sites for hydroxylation is 1. The van der Waals surface area contributed by atoms with Gasteiger partial charge < -0.3 is 10.4 Å². The zero-order valence-corrected chi connectivity index (χ0v) is 14.7. The fourth-order valence-electron chi connectivity index (χ4n) is 3.35. The van der Waals surface area contributed by atoms with Crippen molar-refractivity contribution in [3.8, 4) is 11.4 Å². The molecule has 0 fully saturated rings. The van der Waals surface area contributed by atoms with Crippen molar-refractivity contribution in [1.82, 2.24) is 15.0 Å². The Kier molecular flexibility index (Phi) is 4.88. The van der Waals surface area contributed by atoms with Crippen molar-refractivity contribution in [2.45, 2.75) is 32.3 Å². The zero-order chi connectivity index (χ0) is 17.8. The SMILES string of the molecule is OCc1ccc(CCNc2nc(-c3ccncc3)nc3c2CCC3)cc1. The molecule has 0 saturated heterocycles. The highest BCUT2D eigenvalue weighted by atomic mass is 16.3. The molecule has 0 aliphatic heterocycles. The van der Waals surface area contributed by atoms with Crippen LogP contribution in [0.2, 0.25) is 0 Å². The van der Waals surface area contributed by atoms with E-state index in [1.165, 1.54) is 16.8 Å². The summed E-state index contributed by atoms with van der Waals surface area (Å²) in [4.78, 5) is 13.6. The molecule has 0 spiro atoms. The summed E-state index contributed by atoms with van der Waals surface area (Å²) in [5.41, 5.74) is 5.62. The van der Waals surface area contributed by atoms with Gasteiger partial charge in [-0.05, 0) is 48.9 Å². The van der Waals surface area contributed by atoms with Crippen molar-refractivity contribution < 1.29 is 5.11 Å². The Morgan fingerprint density at radius 2 is 1.69 bits per heavy atom. The van der Waals surface area contributed by atoms with Crippen molar-refractivity contribution in [2.24, 2.45) is 0 Å². The fraction of sp³-hybridized carbons (Fsp3) is 0.286. The first-order chi connectivity index (χ1) is 12.8. The van der Waals surface area contributed by atoms with E-state index in [1.807, 2.05) is 24.3 Å². The monoisotopic (exact) mass is 346 g/mol. The Labute approximate surface area is 153 Å². The lowest BCUT2D eigenvalue weighted by molar-refractivity contribution is 0.282. The van der Waals surface area contributed by atoms with Gasteiger partial charge in [0.15, 0.2) is 5.82 Å². The molecule has 0 unspecified atom stereocenters. The maximum absolute atomic E-state index is 9.13. The number of anilines is 1. The number of benzene rings is 1. The van der Waals surface area contributed by atoms with E-state index in [2.05, 4.69) is 22.4 Å². The summed E-state index contributed by atoms with van der Waals surface area (Å²) in [6.45, 7) is 0.904. The van der Waals surface area contributed by atoms with E-state index < -0.39 is 0 Å². The molecule has 4 rings (SSSR count). The smallest absolute Gasteiger partial charge is 0.161 e. The number of nitrogens with one attached hydrogen (secondary N) is 1. The Hall–Kier alpha value is -2.79. The molecular weight excluding hydrogens is 324 g/mol. The molecular formula is C21H22N4O. The lowest BCUT2D eigenvalue weighted by atomic mass is 10.1. The molecule has 0 radical (unpaired) electrons. The second kappa shape index (κ2) is 7.62. The summed E-state index contributed by atoms with van der Waals surface area (Å²) in [5.74, 6) is 1.73. The largest absolute Gasteiger partial charge is 0.392 e. The van der Waals surface area contributed by atoms with Crippen molar-refractivity contribution in [1.29, 1.82) is 0 Å². The van der Waals surface area contributed by atoms with E-state index in [0.717, 1.165) is 55.0 Å². The molecule has 2 aromatic heterocycles. The quantitative estimate of drug-likeness (QED) is 0.717. The van der Waals surface area contributed by atoms with Gasteiger partial charge in [0.1, 0.15) is 5.82 Å². The van der Waals surface area contributed by atoms with Gasteiger partial charge >= 0.3 is 0 Å². The van der Waals surface area contributed by atoms with Crippen LogP contribution in [0.3, 0.4) is 0 Å².